The first-order valence-corrected chi connectivity index (χ1v) is 6.07. The average Bonchev–Trinajstić information content (AvgIpc) is 2.17. The Morgan fingerprint density at radius 3 is 2.33 bits per heavy atom. The van der Waals surface area contributed by atoms with Crippen LogP contribution in [-0.4, -0.2) is 22.7 Å². The Bertz CT molecular complexity index is 357. The largest absolute Gasteiger partial charge is 0.508 e. The monoisotopic (exact) mass is 248 g/mol. The van der Waals surface area contributed by atoms with Crippen LogP contribution in [0.15, 0.2) is 24.3 Å². The molecule has 0 aliphatic rings. The van der Waals surface area contributed by atoms with Crippen LogP contribution in [0.2, 0.25) is 5.02 Å². The van der Waals surface area contributed by atoms with Crippen molar-refractivity contribution < 1.29 is 14.6 Å². The Kier molecular flexibility index (Phi) is 4.20. The number of hydrogen-bond donors (Lipinski definition) is 3. The molecule has 2 atom stereocenters. The van der Waals surface area contributed by atoms with Crippen molar-refractivity contribution in [1.82, 2.24) is 0 Å². The zero-order chi connectivity index (χ0) is 11.5. The van der Waals surface area contributed by atoms with Gasteiger partial charge < -0.3 is 10.8 Å². The van der Waals surface area contributed by atoms with E-state index in [1.54, 1.807) is 24.3 Å². The second kappa shape index (κ2) is 5.01. The third-order valence-corrected chi connectivity index (χ3v) is 3.16. The van der Waals surface area contributed by atoms with Gasteiger partial charge in [0, 0.05) is 11.6 Å². The number of nitrogens with two attached hydrogens (primary N) is 1. The molecule has 4 nitrogen and oxygen atoms in total. The number of rotatable bonds is 4. The summed E-state index contributed by atoms with van der Waals surface area (Å²) in [5, 5.41) is 10.6. The summed E-state index contributed by atoms with van der Waals surface area (Å²) in [7, 11) is -2.44. The molecule has 82 valence electrons. The minimum absolute atomic E-state index is 0.115. The topological polar surface area (TPSA) is 83.5 Å². The average molecular weight is 249 g/mol. The van der Waals surface area contributed by atoms with Gasteiger partial charge in [-0.05, 0) is 22.3 Å². The summed E-state index contributed by atoms with van der Waals surface area (Å²) < 4.78 is 10.7. The van der Waals surface area contributed by atoms with Crippen LogP contribution in [-0.2, 0) is 10.2 Å². The van der Waals surface area contributed by atoms with Crippen LogP contribution in [0.4, 0.5) is 0 Å². The van der Waals surface area contributed by atoms with Crippen LogP contribution in [0.3, 0.4) is 0 Å². The maximum Gasteiger partial charge on any atom is 0.508 e. The van der Waals surface area contributed by atoms with E-state index in [0.717, 1.165) is 0 Å². The highest BCUT2D eigenvalue weighted by molar-refractivity contribution is 7.38. The Morgan fingerprint density at radius 1 is 1.40 bits per heavy atom. The molecule has 0 aromatic heterocycles. The van der Waals surface area contributed by atoms with Crippen molar-refractivity contribution in [3.8, 4) is 0 Å². The summed E-state index contributed by atoms with van der Waals surface area (Å²) in [5.74, 6) is 0. The molecule has 0 aliphatic carbocycles. The van der Waals surface area contributed by atoms with Gasteiger partial charge in [0.15, 0.2) is 0 Å². The molecule has 0 spiro atoms. The predicted octanol–water partition coefficient (Wildman–Crippen LogP) is 1.22. The molecule has 0 aliphatic heterocycles. The lowest BCUT2D eigenvalue weighted by Crippen LogP contribution is -2.37. The van der Waals surface area contributed by atoms with Crippen LogP contribution in [0.25, 0.3) is 0 Å². The van der Waals surface area contributed by atoms with Gasteiger partial charge in [-0.2, -0.15) is 4.89 Å². The summed E-state index contributed by atoms with van der Waals surface area (Å²) in [6.45, 7) is -0.115. The molecular formula is C9H12ClNO3P+. The SMILES string of the molecule is NCC(O)(C[P+](=O)O)c1ccc(Cl)cc1. The van der Waals surface area contributed by atoms with Crippen LogP contribution in [0.1, 0.15) is 5.56 Å². The van der Waals surface area contributed by atoms with E-state index in [1.165, 1.54) is 0 Å². The van der Waals surface area contributed by atoms with E-state index in [9.17, 15) is 9.67 Å². The number of hydrogen-bond acceptors (Lipinski definition) is 3. The highest BCUT2D eigenvalue weighted by atomic mass is 35.5. The first kappa shape index (κ1) is 12.6. The Morgan fingerprint density at radius 2 is 1.93 bits per heavy atom. The summed E-state index contributed by atoms with van der Waals surface area (Å²) in [6.07, 6.45) is -0.277. The zero-order valence-electron chi connectivity index (χ0n) is 7.93. The van der Waals surface area contributed by atoms with Gasteiger partial charge in [-0.1, -0.05) is 23.7 Å². The Balaban J connectivity index is 3.00. The molecule has 15 heavy (non-hydrogen) atoms. The van der Waals surface area contributed by atoms with E-state index in [1.807, 2.05) is 0 Å². The zero-order valence-corrected chi connectivity index (χ0v) is 9.58. The molecule has 0 bridgehead atoms. The maximum atomic E-state index is 10.7. The first-order valence-electron chi connectivity index (χ1n) is 4.30. The predicted molar refractivity (Wildman–Crippen MR) is 59.1 cm³/mol. The van der Waals surface area contributed by atoms with Gasteiger partial charge >= 0.3 is 8.03 Å². The molecular weight excluding hydrogens is 237 g/mol. The van der Waals surface area contributed by atoms with Gasteiger partial charge in [0.05, 0.1) is 0 Å². The quantitative estimate of drug-likeness (QED) is 0.700. The van der Waals surface area contributed by atoms with Crippen LogP contribution >= 0.6 is 19.6 Å². The smallest absolute Gasteiger partial charge is 0.379 e. The van der Waals surface area contributed by atoms with Crippen molar-refractivity contribution in [2.75, 3.05) is 12.7 Å². The number of aliphatic hydroxyl groups is 1. The Hall–Kier alpha value is -0.510. The summed E-state index contributed by atoms with van der Waals surface area (Å²) in [6, 6.07) is 6.38. The highest BCUT2D eigenvalue weighted by Gasteiger charge is 2.36. The molecule has 0 amide bonds. The van der Waals surface area contributed by atoms with E-state index in [0.29, 0.717) is 10.6 Å². The minimum Gasteiger partial charge on any atom is -0.379 e. The fraction of sp³-hybridized carbons (Fsp3) is 0.333. The highest BCUT2D eigenvalue weighted by Crippen LogP contribution is 2.30. The lowest BCUT2D eigenvalue weighted by Gasteiger charge is -2.21. The molecule has 0 saturated carbocycles. The normalized spacial score (nSPS) is 15.9. The van der Waals surface area contributed by atoms with Crippen LogP contribution < -0.4 is 5.73 Å². The molecule has 4 N–H and O–H groups in total. The van der Waals surface area contributed by atoms with Crippen molar-refractivity contribution in [1.29, 1.82) is 0 Å². The fourth-order valence-electron chi connectivity index (χ4n) is 1.26. The summed E-state index contributed by atoms with van der Waals surface area (Å²) in [5.41, 5.74) is 4.43. The lowest BCUT2D eigenvalue weighted by atomic mass is 9.96. The van der Waals surface area contributed by atoms with Gasteiger partial charge in [0.1, 0.15) is 5.60 Å². The molecule has 6 heteroatoms. The van der Waals surface area contributed by atoms with E-state index >= 15 is 0 Å². The van der Waals surface area contributed by atoms with Gasteiger partial charge in [-0.25, -0.2) is 0 Å². The lowest BCUT2D eigenvalue weighted by molar-refractivity contribution is 0.0689. The van der Waals surface area contributed by atoms with Crippen molar-refractivity contribution in [2.45, 2.75) is 5.60 Å². The minimum atomic E-state index is -2.44. The molecule has 0 saturated heterocycles. The first-order chi connectivity index (χ1) is 6.98. The van der Waals surface area contributed by atoms with Gasteiger partial charge in [-0.3, -0.25) is 0 Å². The molecule has 0 heterocycles. The second-order valence-electron chi connectivity index (χ2n) is 3.25. The van der Waals surface area contributed by atoms with Gasteiger partial charge in [0.2, 0.25) is 6.16 Å². The van der Waals surface area contributed by atoms with Crippen molar-refractivity contribution in [2.24, 2.45) is 5.73 Å². The number of benzene rings is 1. The third kappa shape index (κ3) is 3.23. The Labute approximate surface area is 93.5 Å². The number of halogens is 1. The van der Waals surface area contributed by atoms with Crippen LogP contribution in [0.5, 0.6) is 0 Å². The third-order valence-electron chi connectivity index (χ3n) is 2.12. The molecule has 2 unspecified atom stereocenters. The van der Waals surface area contributed by atoms with E-state index < -0.39 is 13.6 Å². The van der Waals surface area contributed by atoms with E-state index in [4.69, 9.17) is 22.2 Å². The van der Waals surface area contributed by atoms with Crippen molar-refractivity contribution in [3.05, 3.63) is 34.9 Å². The van der Waals surface area contributed by atoms with Gasteiger partial charge in [-0.15, -0.1) is 0 Å². The fourth-order valence-corrected chi connectivity index (χ4v) is 2.14. The molecule has 1 aromatic rings. The second-order valence-corrected chi connectivity index (χ2v) is 4.71. The van der Waals surface area contributed by atoms with Crippen molar-refractivity contribution >= 4 is 19.6 Å². The standard InChI is InChI=1S/C9H11ClNO3P/c10-8-3-1-7(2-4-8)9(12,5-11)6-15(13)14/h1-4,12H,5-6,11H2/p+1. The maximum absolute atomic E-state index is 10.7. The summed E-state index contributed by atoms with van der Waals surface area (Å²) in [4.78, 5) is 8.80. The molecule has 1 aromatic carbocycles. The molecule has 1 rings (SSSR count). The van der Waals surface area contributed by atoms with E-state index in [2.05, 4.69) is 0 Å². The molecule has 0 radical (unpaired) electrons. The van der Waals surface area contributed by atoms with Crippen LogP contribution in [0, 0.1) is 0 Å². The van der Waals surface area contributed by atoms with Gasteiger partial charge in [0.25, 0.3) is 0 Å². The summed E-state index contributed by atoms with van der Waals surface area (Å²) >= 11 is 5.69. The van der Waals surface area contributed by atoms with Crippen molar-refractivity contribution in [3.63, 3.8) is 0 Å². The van der Waals surface area contributed by atoms with E-state index in [-0.39, 0.29) is 12.7 Å². The molecule has 0 fully saturated rings.